The van der Waals surface area contributed by atoms with Crippen molar-refractivity contribution in [1.29, 1.82) is 0 Å². The highest BCUT2D eigenvalue weighted by Crippen LogP contribution is 2.45. The Labute approximate surface area is 556 Å². The van der Waals surface area contributed by atoms with Gasteiger partial charge < -0.3 is 33.8 Å². The Morgan fingerprint density at radius 1 is 0.297 bits per heavy atom. The van der Waals surface area contributed by atoms with Gasteiger partial charge in [-0.3, -0.25) is 37.3 Å². The molecule has 0 aromatic carbocycles. The highest BCUT2D eigenvalue weighted by molar-refractivity contribution is 7.47. The number of hydrogen-bond acceptors (Lipinski definition) is 15. The third-order valence-electron chi connectivity index (χ3n) is 16.8. The van der Waals surface area contributed by atoms with Crippen molar-refractivity contribution >= 4 is 39.5 Å². The van der Waals surface area contributed by atoms with Gasteiger partial charge in [0.05, 0.1) is 26.4 Å². The summed E-state index contributed by atoms with van der Waals surface area (Å²) in [6, 6.07) is 0. The van der Waals surface area contributed by atoms with E-state index in [9.17, 15) is 43.2 Å². The van der Waals surface area contributed by atoms with Crippen molar-refractivity contribution in [2.75, 3.05) is 39.6 Å². The van der Waals surface area contributed by atoms with Crippen LogP contribution in [-0.4, -0.2) is 96.7 Å². The normalized spacial score (nSPS) is 14.0. The zero-order valence-corrected chi connectivity index (χ0v) is 60.8. The molecule has 0 aliphatic carbocycles. The van der Waals surface area contributed by atoms with E-state index in [1.54, 1.807) is 0 Å². The summed E-state index contributed by atoms with van der Waals surface area (Å²) in [7, 11) is -9.90. The van der Waals surface area contributed by atoms with E-state index < -0.39 is 97.5 Å². The molecule has 0 amide bonds. The van der Waals surface area contributed by atoms with Gasteiger partial charge >= 0.3 is 39.5 Å². The zero-order chi connectivity index (χ0) is 67.0. The van der Waals surface area contributed by atoms with E-state index in [0.717, 1.165) is 109 Å². The number of phosphoric ester groups is 2. The fourth-order valence-corrected chi connectivity index (χ4v) is 12.6. The average molecular weight is 1340 g/mol. The fourth-order valence-electron chi connectivity index (χ4n) is 11.0. The highest BCUT2D eigenvalue weighted by Gasteiger charge is 2.30. The van der Waals surface area contributed by atoms with Crippen LogP contribution < -0.4 is 0 Å². The van der Waals surface area contributed by atoms with Crippen LogP contribution in [0.25, 0.3) is 0 Å². The van der Waals surface area contributed by atoms with Crippen LogP contribution in [0.1, 0.15) is 375 Å². The summed E-state index contributed by atoms with van der Waals surface area (Å²) >= 11 is 0. The smallest absolute Gasteiger partial charge is 0.462 e. The second-order valence-electron chi connectivity index (χ2n) is 26.5. The molecule has 19 heteroatoms. The van der Waals surface area contributed by atoms with Crippen LogP contribution in [0, 0.1) is 5.92 Å². The first-order valence-electron chi connectivity index (χ1n) is 37.6. The van der Waals surface area contributed by atoms with Crippen molar-refractivity contribution in [3.8, 4) is 0 Å². The molecule has 0 spiro atoms. The van der Waals surface area contributed by atoms with E-state index >= 15 is 0 Å². The molecule has 0 saturated heterocycles. The van der Waals surface area contributed by atoms with Crippen molar-refractivity contribution in [3.63, 3.8) is 0 Å². The number of esters is 4. The lowest BCUT2D eigenvalue weighted by atomic mass is 10.0. The lowest BCUT2D eigenvalue weighted by Crippen LogP contribution is -2.30. The molecule has 0 aliphatic rings. The van der Waals surface area contributed by atoms with Gasteiger partial charge in [-0.05, 0) is 31.6 Å². The van der Waals surface area contributed by atoms with E-state index in [4.69, 9.17) is 37.0 Å². The number of hydrogen-bond donors (Lipinski definition) is 3. The summed E-state index contributed by atoms with van der Waals surface area (Å²) in [5.41, 5.74) is 0. The number of unbranched alkanes of at least 4 members (excludes halogenated alkanes) is 44. The first kappa shape index (κ1) is 89.1. The van der Waals surface area contributed by atoms with Crippen LogP contribution in [0.15, 0.2) is 0 Å². The molecule has 3 N–H and O–H groups in total. The maximum atomic E-state index is 13.0. The molecule has 0 aromatic rings. The van der Waals surface area contributed by atoms with Crippen molar-refractivity contribution < 1.29 is 80.2 Å². The van der Waals surface area contributed by atoms with Crippen LogP contribution in [-0.2, 0) is 65.4 Å². The van der Waals surface area contributed by atoms with Gasteiger partial charge in [0.15, 0.2) is 12.2 Å². The molecule has 0 aliphatic heterocycles. The highest BCUT2D eigenvalue weighted by atomic mass is 31.2. The number of carbonyl (C=O) groups is 4. The molecular formula is C72H140O17P2. The minimum atomic E-state index is -4.95. The number of aliphatic hydroxyl groups is 1. The summed E-state index contributed by atoms with van der Waals surface area (Å²) in [4.78, 5) is 72.5. The number of rotatable bonds is 72. The van der Waals surface area contributed by atoms with Gasteiger partial charge in [0.2, 0.25) is 0 Å². The average Bonchev–Trinajstić information content (AvgIpc) is 2.96. The monoisotopic (exact) mass is 1340 g/mol. The summed E-state index contributed by atoms with van der Waals surface area (Å²) in [6.45, 7) is 7.18. The van der Waals surface area contributed by atoms with E-state index in [0.29, 0.717) is 25.7 Å². The first-order chi connectivity index (χ1) is 44.0. The summed E-state index contributed by atoms with van der Waals surface area (Å²) in [5, 5.41) is 10.6. The molecule has 17 nitrogen and oxygen atoms in total. The Morgan fingerprint density at radius 3 is 0.747 bits per heavy atom. The largest absolute Gasteiger partial charge is 0.472 e. The van der Waals surface area contributed by atoms with E-state index in [1.165, 1.54) is 186 Å². The SMILES string of the molecule is CCCCCCCCCCCCCCCCCCCCCC(=O)O[C@H](COC(=O)CCCCCCCCCCCCCCCC)COP(=O)(O)OC[C@@H](O)COP(=O)(O)OC[C@@H](COC(=O)CCCCCCCCC)OC(=O)CCCCCCCCCCC(C)C. The second kappa shape index (κ2) is 65.4. The summed E-state index contributed by atoms with van der Waals surface area (Å²) in [6.07, 6.45) is 52.9. The standard InChI is InChI=1S/C72H140O17P2/c1-6-9-12-15-18-20-22-24-26-27-28-29-30-32-34-36-42-47-52-57-71(76)88-68(62-83-70(75)56-51-46-41-35-33-31-25-23-21-19-16-13-10-7-2)64-87-91(80,81)85-60-66(73)59-84-90(78,79)86-63-67(61-82-69(74)55-50-45-39-17-14-11-8-3)89-72(77)58-53-48-43-38-37-40-44-49-54-65(4)5/h65-68,73H,6-64H2,1-5H3,(H,78,79)(H,80,81)/t66-,67+,68+/m0/s1. The van der Waals surface area contributed by atoms with Gasteiger partial charge in [0.25, 0.3) is 0 Å². The third-order valence-corrected chi connectivity index (χ3v) is 18.7. The molecule has 91 heavy (non-hydrogen) atoms. The maximum Gasteiger partial charge on any atom is 0.472 e. The van der Waals surface area contributed by atoms with Crippen LogP contribution in [0.5, 0.6) is 0 Å². The van der Waals surface area contributed by atoms with Crippen LogP contribution in [0.2, 0.25) is 0 Å². The molecule has 0 radical (unpaired) electrons. The summed E-state index contributed by atoms with van der Waals surface area (Å²) in [5.74, 6) is -1.41. The lowest BCUT2D eigenvalue weighted by Gasteiger charge is -2.21. The molecule has 0 bridgehead atoms. The predicted octanol–water partition coefficient (Wildman–Crippen LogP) is 20.9. The van der Waals surface area contributed by atoms with Crippen LogP contribution in [0.3, 0.4) is 0 Å². The Kier molecular flexibility index (Phi) is 64.0. The van der Waals surface area contributed by atoms with E-state index in [-0.39, 0.29) is 25.7 Å². The van der Waals surface area contributed by atoms with Crippen molar-refractivity contribution in [3.05, 3.63) is 0 Å². The maximum absolute atomic E-state index is 13.0. The molecule has 0 fully saturated rings. The topological polar surface area (TPSA) is 237 Å². The van der Waals surface area contributed by atoms with E-state index in [2.05, 4.69) is 34.6 Å². The molecule has 2 unspecified atom stereocenters. The van der Waals surface area contributed by atoms with E-state index in [1.807, 2.05) is 0 Å². The number of carbonyl (C=O) groups excluding carboxylic acids is 4. The molecule has 0 saturated carbocycles. The van der Waals surface area contributed by atoms with Gasteiger partial charge in [-0.1, -0.05) is 324 Å². The summed E-state index contributed by atoms with van der Waals surface area (Å²) < 4.78 is 68.2. The Bertz CT molecular complexity index is 1750. The van der Waals surface area contributed by atoms with Gasteiger partial charge in [-0.25, -0.2) is 9.13 Å². The van der Waals surface area contributed by atoms with Gasteiger partial charge in [0.1, 0.15) is 19.3 Å². The molecule has 0 heterocycles. The number of phosphoric acid groups is 2. The molecular weight excluding hydrogens is 1200 g/mol. The lowest BCUT2D eigenvalue weighted by molar-refractivity contribution is -0.161. The van der Waals surface area contributed by atoms with Crippen molar-refractivity contribution in [1.82, 2.24) is 0 Å². The predicted molar refractivity (Wildman–Crippen MR) is 368 cm³/mol. The van der Waals surface area contributed by atoms with Crippen LogP contribution in [0.4, 0.5) is 0 Å². The van der Waals surface area contributed by atoms with Gasteiger partial charge in [-0.15, -0.1) is 0 Å². The number of ether oxygens (including phenoxy) is 4. The quantitative estimate of drug-likeness (QED) is 0.0222. The van der Waals surface area contributed by atoms with Crippen molar-refractivity contribution in [2.45, 2.75) is 393 Å². The zero-order valence-electron chi connectivity index (χ0n) is 59.0. The Balaban J connectivity index is 5.18. The minimum Gasteiger partial charge on any atom is -0.462 e. The Morgan fingerprint density at radius 2 is 0.505 bits per heavy atom. The molecule has 5 atom stereocenters. The molecule has 0 rings (SSSR count). The van der Waals surface area contributed by atoms with Gasteiger partial charge in [0, 0.05) is 25.7 Å². The van der Waals surface area contributed by atoms with Crippen molar-refractivity contribution in [2.24, 2.45) is 5.92 Å². The third kappa shape index (κ3) is 66.5. The van der Waals surface area contributed by atoms with Crippen LogP contribution >= 0.6 is 15.6 Å². The Hall–Kier alpha value is -1.94. The molecule has 540 valence electrons. The first-order valence-corrected chi connectivity index (χ1v) is 40.6. The number of aliphatic hydroxyl groups excluding tert-OH is 1. The fraction of sp³-hybridized carbons (Fsp3) is 0.944. The van der Waals surface area contributed by atoms with Gasteiger partial charge in [-0.2, -0.15) is 0 Å². The minimum absolute atomic E-state index is 0.104. The molecule has 0 aromatic heterocycles. The second-order valence-corrected chi connectivity index (χ2v) is 29.4.